The van der Waals surface area contributed by atoms with Crippen molar-refractivity contribution in [3.63, 3.8) is 0 Å². The largest absolute Gasteiger partial charge is 0.387 e. The van der Waals surface area contributed by atoms with Crippen molar-refractivity contribution in [3.8, 4) is 0 Å². The molecule has 12 heteroatoms. The maximum Gasteiger partial charge on any atom is 0.261 e. The standard InChI is InChI=1S/C18H16Cl2N4O5S/c19-11-1-3-14(20)16(7-11)30(28,29)22-5-6-24-10-21-15-4-2-12(23-17(26)9-25)8-13(15)18(24)27/h1-4,7-8,10,22,25H,5-6,9H2,(H,23,26). The van der Waals surface area contributed by atoms with E-state index in [0.717, 1.165) is 0 Å². The Bertz CT molecular complexity index is 1280. The van der Waals surface area contributed by atoms with Crippen LogP contribution >= 0.6 is 23.2 Å². The molecule has 1 aromatic heterocycles. The average molecular weight is 471 g/mol. The number of aliphatic hydroxyl groups excluding tert-OH is 1. The van der Waals surface area contributed by atoms with Gasteiger partial charge in [0, 0.05) is 23.8 Å². The fraction of sp³-hybridized carbons (Fsp3) is 0.167. The molecule has 0 bridgehead atoms. The molecule has 9 nitrogen and oxygen atoms in total. The van der Waals surface area contributed by atoms with Crippen LogP contribution in [0, 0.1) is 0 Å². The number of hydrogen-bond donors (Lipinski definition) is 3. The SMILES string of the molecule is O=C(CO)Nc1ccc2ncn(CCNS(=O)(=O)c3cc(Cl)ccc3Cl)c(=O)c2c1. The molecular formula is C18H16Cl2N4O5S. The number of amides is 1. The topological polar surface area (TPSA) is 130 Å². The van der Waals surface area contributed by atoms with E-state index >= 15 is 0 Å². The quantitative estimate of drug-likeness (QED) is 0.480. The first kappa shape index (κ1) is 22.2. The number of nitrogens with zero attached hydrogens (tertiary/aromatic N) is 2. The molecule has 1 heterocycles. The molecular weight excluding hydrogens is 455 g/mol. The lowest BCUT2D eigenvalue weighted by atomic mass is 10.2. The van der Waals surface area contributed by atoms with Gasteiger partial charge in [0.25, 0.3) is 5.56 Å². The number of aliphatic hydroxyl groups is 1. The van der Waals surface area contributed by atoms with E-state index in [2.05, 4.69) is 15.0 Å². The lowest BCUT2D eigenvalue weighted by molar-refractivity contribution is -0.118. The van der Waals surface area contributed by atoms with E-state index in [-0.39, 0.29) is 33.4 Å². The highest BCUT2D eigenvalue weighted by molar-refractivity contribution is 7.89. The van der Waals surface area contributed by atoms with Gasteiger partial charge in [-0.1, -0.05) is 23.2 Å². The Kier molecular flexibility index (Phi) is 6.74. The summed E-state index contributed by atoms with van der Waals surface area (Å²) in [5, 5.41) is 11.7. The second-order valence-electron chi connectivity index (χ2n) is 6.15. The van der Waals surface area contributed by atoms with Crippen LogP contribution in [0.1, 0.15) is 0 Å². The molecule has 0 saturated heterocycles. The third-order valence-electron chi connectivity index (χ3n) is 4.08. The second-order valence-corrected chi connectivity index (χ2v) is 8.73. The number of fused-ring (bicyclic) bond motifs is 1. The molecule has 158 valence electrons. The minimum atomic E-state index is -3.94. The number of halogens is 2. The lowest BCUT2D eigenvalue weighted by Crippen LogP contribution is -2.31. The molecule has 0 saturated carbocycles. The van der Waals surface area contributed by atoms with Crippen molar-refractivity contribution < 1.29 is 18.3 Å². The third-order valence-corrected chi connectivity index (χ3v) is 6.26. The van der Waals surface area contributed by atoms with Crippen LogP contribution < -0.4 is 15.6 Å². The van der Waals surface area contributed by atoms with Gasteiger partial charge in [-0.2, -0.15) is 0 Å². The normalized spacial score (nSPS) is 11.6. The molecule has 3 aromatic rings. The molecule has 0 fully saturated rings. The molecule has 30 heavy (non-hydrogen) atoms. The summed E-state index contributed by atoms with van der Waals surface area (Å²) < 4.78 is 28.5. The van der Waals surface area contributed by atoms with Gasteiger partial charge in [0.2, 0.25) is 15.9 Å². The number of aromatic nitrogens is 2. The predicted octanol–water partition coefficient (Wildman–Crippen LogP) is 1.61. The van der Waals surface area contributed by atoms with Crippen molar-refractivity contribution in [3.05, 3.63) is 63.1 Å². The van der Waals surface area contributed by atoms with Gasteiger partial charge < -0.3 is 10.4 Å². The van der Waals surface area contributed by atoms with Crippen molar-refractivity contribution >= 4 is 55.7 Å². The van der Waals surface area contributed by atoms with Crippen molar-refractivity contribution in [2.24, 2.45) is 0 Å². The number of benzene rings is 2. The molecule has 0 spiro atoms. The number of anilines is 1. The number of nitrogens with one attached hydrogen (secondary N) is 2. The Labute approximate surface area is 181 Å². The zero-order valence-electron chi connectivity index (χ0n) is 15.3. The number of rotatable bonds is 7. The minimum absolute atomic E-state index is 0.00636. The third kappa shape index (κ3) is 4.97. The molecule has 3 rings (SSSR count). The highest BCUT2D eigenvalue weighted by atomic mass is 35.5. The van der Waals surface area contributed by atoms with E-state index < -0.39 is 28.1 Å². The molecule has 1 amide bonds. The summed E-state index contributed by atoms with van der Waals surface area (Å²) >= 11 is 11.8. The van der Waals surface area contributed by atoms with E-state index in [9.17, 15) is 18.0 Å². The van der Waals surface area contributed by atoms with Crippen LogP contribution in [-0.2, 0) is 21.4 Å². The van der Waals surface area contributed by atoms with Crippen LogP contribution in [-0.4, -0.2) is 42.1 Å². The van der Waals surface area contributed by atoms with Gasteiger partial charge in [0.05, 0.1) is 22.3 Å². The predicted molar refractivity (Wildman–Crippen MR) is 113 cm³/mol. The minimum Gasteiger partial charge on any atom is -0.387 e. The van der Waals surface area contributed by atoms with Gasteiger partial charge in [0.15, 0.2) is 0 Å². The summed E-state index contributed by atoms with van der Waals surface area (Å²) in [5.74, 6) is -0.618. The van der Waals surface area contributed by atoms with Crippen molar-refractivity contribution in [2.75, 3.05) is 18.5 Å². The Morgan fingerprint density at radius 1 is 1.17 bits per heavy atom. The molecule has 0 unspecified atom stereocenters. The molecule has 0 aliphatic rings. The van der Waals surface area contributed by atoms with Gasteiger partial charge in [-0.25, -0.2) is 18.1 Å². The van der Waals surface area contributed by atoms with Crippen LogP contribution in [0.4, 0.5) is 5.69 Å². The Morgan fingerprint density at radius 2 is 1.93 bits per heavy atom. The molecule has 0 atom stereocenters. The number of carbonyl (C=O) groups is 1. The van der Waals surface area contributed by atoms with Crippen LogP contribution in [0.15, 0.2) is 52.4 Å². The first-order chi connectivity index (χ1) is 14.2. The zero-order chi connectivity index (χ0) is 21.9. The fourth-order valence-electron chi connectivity index (χ4n) is 2.66. The van der Waals surface area contributed by atoms with Crippen LogP contribution in [0.3, 0.4) is 0 Å². The van der Waals surface area contributed by atoms with E-state index in [1.165, 1.54) is 35.2 Å². The van der Waals surface area contributed by atoms with E-state index in [1.807, 2.05) is 0 Å². The summed E-state index contributed by atoms with van der Waals surface area (Å²) in [6.07, 6.45) is 1.30. The Morgan fingerprint density at radius 3 is 2.67 bits per heavy atom. The number of hydrogen-bond acceptors (Lipinski definition) is 6. The van der Waals surface area contributed by atoms with Gasteiger partial charge in [-0.15, -0.1) is 0 Å². The van der Waals surface area contributed by atoms with Crippen molar-refractivity contribution in [1.82, 2.24) is 14.3 Å². The van der Waals surface area contributed by atoms with E-state index in [1.54, 1.807) is 12.1 Å². The molecule has 0 aliphatic heterocycles. The maximum atomic E-state index is 12.7. The first-order valence-corrected chi connectivity index (χ1v) is 10.8. The van der Waals surface area contributed by atoms with Gasteiger partial charge in [-0.3, -0.25) is 14.2 Å². The Balaban J connectivity index is 1.79. The van der Waals surface area contributed by atoms with Crippen LogP contribution in [0.5, 0.6) is 0 Å². The molecule has 3 N–H and O–H groups in total. The fourth-order valence-corrected chi connectivity index (χ4v) is 4.44. The van der Waals surface area contributed by atoms with Crippen molar-refractivity contribution in [2.45, 2.75) is 11.4 Å². The second kappa shape index (κ2) is 9.11. The monoisotopic (exact) mass is 470 g/mol. The lowest BCUT2D eigenvalue weighted by Gasteiger charge is -2.11. The smallest absolute Gasteiger partial charge is 0.261 e. The van der Waals surface area contributed by atoms with Gasteiger partial charge in [-0.05, 0) is 36.4 Å². The molecule has 0 aliphatic carbocycles. The number of sulfonamides is 1. The highest BCUT2D eigenvalue weighted by Gasteiger charge is 2.18. The Hall–Kier alpha value is -2.50. The summed E-state index contributed by atoms with van der Waals surface area (Å²) in [6, 6.07) is 8.63. The number of carbonyl (C=O) groups excluding carboxylic acids is 1. The molecule has 2 aromatic carbocycles. The van der Waals surface area contributed by atoms with Gasteiger partial charge in [0.1, 0.15) is 11.5 Å². The summed E-state index contributed by atoms with van der Waals surface area (Å²) in [4.78, 5) is 28.0. The first-order valence-electron chi connectivity index (χ1n) is 8.56. The summed E-state index contributed by atoms with van der Waals surface area (Å²) in [5.41, 5.74) is 0.319. The van der Waals surface area contributed by atoms with Crippen molar-refractivity contribution in [1.29, 1.82) is 0 Å². The van der Waals surface area contributed by atoms with Crippen LogP contribution in [0.2, 0.25) is 10.0 Å². The van der Waals surface area contributed by atoms with E-state index in [4.69, 9.17) is 28.3 Å². The molecule has 0 radical (unpaired) electrons. The average Bonchev–Trinajstić information content (AvgIpc) is 2.71. The maximum absolute atomic E-state index is 12.7. The van der Waals surface area contributed by atoms with E-state index in [0.29, 0.717) is 11.2 Å². The highest BCUT2D eigenvalue weighted by Crippen LogP contribution is 2.24. The van der Waals surface area contributed by atoms with Gasteiger partial charge >= 0.3 is 0 Å². The summed E-state index contributed by atoms with van der Waals surface area (Å²) in [7, 11) is -3.94. The zero-order valence-corrected chi connectivity index (χ0v) is 17.6. The summed E-state index contributed by atoms with van der Waals surface area (Å²) in [6.45, 7) is -0.780. The van der Waals surface area contributed by atoms with Crippen LogP contribution in [0.25, 0.3) is 10.9 Å².